The number of hydrogen-bond acceptors (Lipinski definition) is 6. The second-order valence-corrected chi connectivity index (χ2v) is 5.98. The molecule has 1 N–H and O–H groups in total. The van der Waals surface area contributed by atoms with Crippen molar-refractivity contribution in [2.75, 3.05) is 26.1 Å². The van der Waals surface area contributed by atoms with E-state index in [0.29, 0.717) is 34.7 Å². The second-order valence-electron chi connectivity index (χ2n) is 5.12. The molecule has 0 radical (unpaired) electrons. The molecule has 1 aliphatic rings. The lowest BCUT2D eigenvalue weighted by atomic mass is 10.1. The van der Waals surface area contributed by atoms with Crippen LogP contribution in [0.25, 0.3) is 11.3 Å². The first kappa shape index (κ1) is 16.3. The number of nitrogens with zero attached hydrogens (tertiary/aromatic N) is 1. The van der Waals surface area contributed by atoms with Crippen LogP contribution in [0, 0.1) is 0 Å². The summed E-state index contributed by atoms with van der Waals surface area (Å²) in [4.78, 5) is 16.6. The van der Waals surface area contributed by atoms with Gasteiger partial charge in [-0.3, -0.25) is 10.1 Å². The molecule has 2 aromatic rings. The molecule has 0 bridgehead atoms. The van der Waals surface area contributed by atoms with Gasteiger partial charge in [0.05, 0.1) is 26.5 Å². The molecule has 1 amide bonds. The molecule has 7 heteroatoms. The number of anilines is 1. The number of allylic oxidation sites excluding steroid dienone is 1. The van der Waals surface area contributed by atoms with Gasteiger partial charge in [0.15, 0.2) is 10.9 Å². The van der Waals surface area contributed by atoms with Crippen molar-refractivity contribution in [3.8, 4) is 22.8 Å². The Morgan fingerprint density at radius 2 is 2.21 bits per heavy atom. The summed E-state index contributed by atoms with van der Waals surface area (Å²) >= 11 is 1.35. The first-order valence-corrected chi connectivity index (χ1v) is 8.41. The maximum absolute atomic E-state index is 12.2. The summed E-state index contributed by atoms with van der Waals surface area (Å²) in [6.07, 6.45) is 3.60. The molecule has 24 heavy (non-hydrogen) atoms. The molecule has 0 atom stereocenters. The Hall–Kier alpha value is -2.54. The number of methoxy groups -OCH3 is 2. The van der Waals surface area contributed by atoms with Crippen LogP contribution in [0.2, 0.25) is 0 Å². The third kappa shape index (κ3) is 3.51. The van der Waals surface area contributed by atoms with Crippen molar-refractivity contribution >= 4 is 22.4 Å². The molecule has 0 fully saturated rings. The van der Waals surface area contributed by atoms with Crippen molar-refractivity contribution in [1.82, 2.24) is 4.98 Å². The largest absolute Gasteiger partial charge is 0.497 e. The lowest BCUT2D eigenvalue weighted by Gasteiger charge is -2.13. The maximum Gasteiger partial charge on any atom is 0.292 e. The van der Waals surface area contributed by atoms with Crippen LogP contribution in [0.1, 0.15) is 12.8 Å². The molecule has 0 saturated heterocycles. The first-order chi connectivity index (χ1) is 11.7. The molecule has 6 nitrogen and oxygen atoms in total. The number of benzene rings is 1. The van der Waals surface area contributed by atoms with Crippen molar-refractivity contribution in [3.05, 3.63) is 35.4 Å². The van der Waals surface area contributed by atoms with Gasteiger partial charge in [-0.05, 0) is 37.1 Å². The highest BCUT2D eigenvalue weighted by atomic mass is 32.1. The Morgan fingerprint density at radius 1 is 1.33 bits per heavy atom. The number of ether oxygens (including phenoxy) is 3. The quantitative estimate of drug-likeness (QED) is 0.898. The van der Waals surface area contributed by atoms with Crippen LogP contribution in [0.5, 0.6) is 11.5 Å². The highest BCUT2D eigenvalue weighted by Crippen LogP contribution is 2.35. The number of nitrogens with one attached hydrogen (secondary N) is 1. The van der Waals surface area contributed by atoms with Crippen LogP contribution in [0.3, 0.4) is 0 Å². The molecular weight excluding hydrogens is 328 g/mol. The second kappa shape index (κ2) is 7.35. The van der Waals surface area contributed by atoms with Gasteiger partial charge in [0.1, 0.15) is 11.5 Å². The van der Waals surface area contributed by atoms with Crippen molar-refractivity contribution in [2.45, 2.75) is 12.8 Å². The number of hydrogen-bond donors (Lipinski definition) is 1. The minimum atomic E-state index is -0.270. The smallest absolute Gasteiger partial charge is 0.292 e. The van der Waals surface area contributed by atoms with Gasteiger partial charge in [0.25, 0.3) is 5.91 Å². The lowest BCUT2D eigenvalue weighted by Crippen LogP contribution is -2.18. The summed E-state index contributed by atoms with van der Waals surface area (Å²) in [5.74, 6) is 1.49. The zero-order chi connectivity index (χ0) is 16.9. The third-order valence-electron chi connectivity index (χ3n) is 3.57. The van der Waals surface area contributed by atoms with Crippen LogP contribution in [0.4, 0.5) is 5.13 Å². The minimum Gasteiger partial charge on any atom is -0.497 e. The van der Waals surface area contributed by atoms with E-state index in [1.807, 2.05) is 23.6 Å². The van der Waals surface area contributed by atoms with E-state index in [1.54, 1.807) is 20.3 Å². The molecule has 0 spiro atoms. The van der Waals surface area contributed by atoms with Gasteiger partial charge in [-0.1, -0.05) is 0 Å². The molecule has 126 valence electrons. The summed E-state index contributed by atoms with van der Waals surface area (Å²) in [7, 11) is 3.21. The molecule has 0 aliphatic carbocycles. The van der Waals surface area contributed by atoms with Gasteiger partial charge in [-0.15, -0.1) is 11.3 Å². The lowest BCUT2D eigenvalue weighted by molar-refractivity contribution is -0.116. The summed E-state index contributed by atoms with van der Waals surface area (Å²) in [6.45, 7) is 0.573. The normalized spacial score (nSPS) is 13.7. The van der Waals surface area contributed by atoms with E-state index >= 15 is 0 Å². The summed E-state index contributed by atoms with van der Waals surface area (Å²) in [5.41, 5.74) is 1.52. The molecule has 2 heterocycles. The Balaban J connectivity index is 1.80. The first-order valence-electron chi connectivity index (χ1n) is 7.53. The minimum absolute atomic E-state index is 0.270. The van der Waals surface area contributed by atoms with E-state index in [2.05, 4.69) is 10.3 Å². The summed E-state index contributed by atoms with van der Waals surface area (Å²) < 4.78 is 16.0. The molecule has 0 saturated carbocycles. The van der Waals surface area contributed by atoms with E-state index in [1.165, 1.54) is 11.3 Å². The van der Waals surface area contributed by atoms with Gasteiger partial charge in [0.2, 0.25) is 0 Å². The van der Waals surface area contributed by atoms with Crippen LogP contribution < -0.4 is 14.8 Å². The SMILES string of the molecule is COc1ccc(OC)c(-c2csc(NC(=O)C3=CCCCO3)n2)c1. The fourth-order valence-electron chi connectivity index (χ4n) is 2.34. The van der Waals surface area contributed by atoms with Gasteiger partial charge in [-0.2, -0.15) is 0 Å². The fraction of sp³-hybridized carbons (Fsp3) is 0.294. The molecular formula is C17H18N2O4S. The van der Waals surface area contributed by atoms with Gasteiger partial charge >= 0.3 is 0 Å². The number of rotatable bonds is 5. The number of aromatic nitrogens is 1. The predicted octanol–water partition coefficient (Wildman–Crippen LogP) is 3.46. The van der Waals surface area contributed by atoms with Crippen LogP contribution >= 0.6 is 11.3 Å². The maximum atomic E-state index is 12.2. The molecule has 1 aliphatic heterocycles. The van der Waals surface area contributed by atoms with E-state index in [9.17, 15) is 4.79 Å². The van der Waals surface area contributed by atoms with E-state index in [0.717, 1.165) is 18.4 Å². The Bertz CT molecular complexity index is 770. The van der Waals surface area contributed by atoms with Crippen LogP contribution in [-0.2, 0) is 9.53 Å². The average Bonchev–Trinajstić information content (AvgIpc) is 3.10. The van der Waals surface area contributed by atoms with E-state index < -0.39 is 0 Å². The zero-order valence-electron chi connectivity index (χ0n) is 13.5. The molecule has 0 unspecified atom stereocenters. The van der Waals surface area contributed by atoms with Gasteiger partial charge < -0.3 is 14.2 Å². The number of thiazole rings is 1. The summed E-state index contributed by atoms with van der Waals surface area (Å²) in [6, 6.07) is 5.50. The standard InChI is InChI=1S/C17H18N2O4S/c1-21-11-6-7-14(22-2)12(9-11)13-10-24-17(18-13)19-16(20)15-5-3-4-8-23-15/h5-7,9-10H,3-4,8H2,1-2H3,(H,18,19,20). The number of carbonyl (C=O) groups excluding carboxylic acids is 1. The monoisotopic (exact) mass is 346 g/mol. The Kier molecular flexibility index (Phi) is 5.00. The number of carbonyl (C=O) groups is 1. The van der Waals surface area contributed by atoms with Crippen molar-refractivity contribution < 1.29 is 19.0 Å². The summed E-state index contributed by atoms with van der Waals surface area (Å²) in [5, 5.41) is 5.14. The topological polar surface area (TPSA) is 69.7 Å². The predicted molar refractivity (Wildman–Crippen MR) is 92.6 cm³/mol. The fourth-order valence-corrected chi connectivity index (χ4v) is 3.05. The average molecular weight is 346 g/mol. The molecule has 3 rings (SSSR count). The Labute approximate surface area is 144 Å². The molecule has 1 aromatic carbocycles. The molecule has 1 aromatic heterocycles. The zero-order valence-corrected chi connectivity index (χ0v) is 14.3. The highest BCUT2D eigenvalue weighted by Gasteiger charge is 2.17. The van der Waals surface area contributed by atoms with Crippen LogP contribution in [0.15, 0.2) is 35.4 Å². The van der Waals surface area contributed by atoms with E-state index in [-0.39, 0.29) is 5.91 Å². The van der Waals surface area contributed by atoms with E-state index in [4.69, 9.17) is 14.2 Å². The van der Waals surface area contributed by atoms with Crippen molar-refractivity contribution in [1.29, 1.82) is 0 Å². The van der Waals surface area contributed by atoms with Crippen LogP contribution in [-0.4, -0.2) is 31.7 Å². The van der Waals surface area contributed by atoms with Gasteiger partial charge in [-0.25, -0.2) is 4.98 Å². The highest BCUT2D eigenvalue weighted by molar-refractivity contribution is 7.14. The van der Waals surface area contributed by atoms with Gasteiger partial charge in [0, 0.05) is 10.9 Å². The third-order valence-corrected chi connectivity index (χ3v) is 4.32. The Morgan fingerprint density at radius 3 is 2.92 bits per heavy atom. The van der Waals surface area contributed by atoms with Crippen molar-refractivity contribution in [2.24, 2.45) is 0 Å². The number of amides is 1. The van der Waals surface area contributed by atoms with Crippen molar-refractivity contribution in [3.63, 3.8) is 0 Å².